The van der Waals surface area contributed by atoms with Gasteiger partial charge in [-0.15, -0.1) is 11.3 Å². The third-order valence-corrected chi connectivity index (χ3v) is 6.21. The maximum absolute atomic E-state index is 11.9. The molecule has 2 aromatic heterocycles. The molecule has 0 aliphatic carbocycles. The van der Waals surface area contributed by atoms with Crippen LogP contribution in [-0.4, -0.2) is 47.8 Å². The number of aryl methyl sites for hydroxylation is 1. The highest BCUT2D eigenvalue weighted by Crippen LogP contribution is 2.37. The fraction of sp³-hybridized carbons (Fsp3) is 0.556. The van der Waals surface area contributed by atoms with Crippen molar-refractivity contribution in [2.45, 2.75) is 31.9 Å². The Morgan fingerprint density at radius 1 is 1.48 bits per heavy atom. The number of likely N-dealkylation sites (tertiary alicyclic amines) is 1. The van der Waals surface area contributed by atoms with Crippen molar-refractivity contribution in [3.05, 3.63) is 39.9 Å². The van der Waals surface area contributed by atoms with Gasteiger partial charge >= 0.3 is 0 Å². The minimum Gasteiger partial charge on any atom is -0.372 e. The highest BCUT2D eigenvalue weighted by Gasteiger charge is 2.46. The van der Waals surface area contributed by atoms with Crippen LogP contribution in [0.1, 0.15) is 33.8 Å². The number of carbonyl (C=O) groups is 1. The van der Waals surface area contributed by atoms with Crippen LogP contribution in [0.2, 0.25) is 0 Å². The van der Waals surface area contributed by atoms with Gasteiger partial charge in [0, 0.05) is 37.1 Å². The second-order valence-electron chi connectivity index (χ2n) is 7.16. The summed E-state index contributed by atoms with van der Waals surface area (Å²) in [6.07, 6.45) is 3.63. The number of hydrogen-bond donors (Lipinski definition) is 1. The highest BCUT2D eigenvalue weighted by molar-refractivity contribution is 7.10. The molecule has 4 rings (SSSR count). The molecule has 6 nitrogen and oxygen atoms in total. The molecule has 25 heavy (non-hydrogen) atoms. The molecule has 0 bridgehead atoms. The second-order valence-corrected chi connectivity index (χ2v) is 8.16. The van der Waals surface area contributed by atoms with Crippen LogP contribution in [0.5, 0.6) is 0 Å². The molecule has 1 amide bonds. The summed E-state index contributed by atoms with van der Waals surface area (Å²) < 4.78 is 11.1. The average molecular weight is 361 g/mol. The lowest BCUT2D eigenvalue weighted by Gasteiger charge is -2.53. The molecule has 2 aliphatic rings. The number of aromatic nitrogens is 1. The molecule has 2 saturated heterocycles. The van der Waals surface area contributed by atoms with Crippen LogP contribution in [-0.2, 0) is 11.3 Å². The van der Waals surface area contributed by atoms with Crippen molar-refractivity contribution in [2.75, 3.05) is 26.2 Å². The Bertz CT molecular complexity index is 712. The minimum atomic E-state index is -0.209. The van der Waals surface area contributed by atoms with E-state index in [-0.39, 0.29) is 17.3 Å². The van der Waals surface area contributed by atoms with Gasteiger partial charge < -0.3 is 14.6 Å². The van der Waals surface area contributed by atoms with Gasteiger partial charge in [0.25, 0.3) is 5.91 Å². The maximum Gasteiger partial charge on any atom is 0.289 e. The number of hydrogen-bond acceptors (Lipinski definition) is 6. The molecule has 1 spiro atoms. The molecule has 4 heterocycles. The zero-order valence-electron chi connectivity index (χ0n) is 14.4. The summed E-state index contributed by atoms with van der Waals surface area (Å²) in [4.78, 5) is 15.8. The fourth-order valence-corrected chi connectivity index (χ4v) is 4.58. The number of nitrogens with one attached hydrogen (secondary N) is 1. The Morgan fingerprint density at radius 2 is 2.36 bits per heavy atom. The molecule has 2 aromatic rings. The predicted molar refractivity (Wildman–Crippen MR) is 94.6 cm³/mol. The van der Waals surface area contributed by atoms with E-state index in [1.54, 1.807) is 6.07 Å². The number of nitrogens with zero attached hydrogens (tertiary/aromatic N) is 2. The van der Waals surface area contributed by atoms with Crippen LogP contribution < -0.4 is 5.32 Å². The quantitative estimate of drug-likeness (QED) is 0.886. The lowest BCUT2D eigenvalue weighted by atomic mass is 9.83. The Morgan fingerprint density at radius 3 is 3.00 bits per heavy atom. The summed E-state index contributed by atoms with van der Waals surface area (Å²) in [6.45, 7) is 6.57. The van der Waals surface area contributed by atoms with Gasteiger partial charge in [-0.1, -0.05) is 5.16 Å². The molecule has 2 fully saturated rings. The maximum atomic E-state index is 11.9. The van der Waals surface area contributed by atoms with E-state index in [4.69, 9.17) is 9.26 Å². The fourth-order valence-electron chi connectivity index (χ4n) is 3.63. The monoisotopic (exact) mass is 361 g/mol. The molecule has 0 saturated carbocycles. The van der Waals surface area contributed by atoms with E-state index < -0.39 is 0 Å². The lowest BCUT2D eigenvalue weighted by Crippen LogP contribution is -2.64. The van der Waals surface area contributed by atoms with Crippen molar-refractivity contribution >= 4 is 17.2 Å². The molecular weight excluding hydrogens is 338 g/mol. The van der Waals surface area contributed by atoms with Gasteiger partial charge in [-0.2, -0.15) is 0 Å². The van der Waals surface area contributed by atoms with Crippen LogP contribution >= 0.6 is 11.3 Å². The first-order valence-corrected chi connectivity index (χ1v) is 9.60. The standard InChI is InChI=1S/C18H23N3O3S/c1-13-4-7-25-16(13)9-21-11-18(12-21)5-2-14(10-23-18)8-19-17(22)15-3-6-20-24-15/h3-4,6-7,14H,2,5,8-12H2,1H3,(H,19,22). The molecule has 1 N–H and O–H groups in total. The van der Waals surface area contributed by atoms with Crippen molar-refractivity contribution < 1.29 is 14.1 Å². The van der Waals surface area contributed by atoms with Crippen LogP contribution in [0.15, 0.2) is 28.2 Å². The van der Waals surface area contributed by atoms with E-state index in [0.717, 1.165) is 32.5 Å². The normalized spacial score (nSPS) is 22.7. The van der Waals surface area contributed by atoms with Crippen molar-refractivity contribution in [3.8, 4) is 0 Å². The van der Waals surface area contributed by atoms with Gasteiger partial charge in [0.1, 0.15) is 0 Å². The SMILES string of the molecule is Cc1ccsc1CN1CC2(CCC(CNC(=O)c3ccno3)CO2)C1. The van der Waals surface area contributed by atoms with Crippen LogP contribution in [0.3, 0.4) is 0 Å². The molecular formula is C18H23N3O3S. The molecule has 1 unspecified atom stereocenters. The minimum absolute atomic E-state index is 0.0383. The lowest BCUT2D eigenvalue weighted by molar-refractivity contribution is -0.181. The zero-order valence-corrected chi connectivity index (χ0v) is 15.2. The first kappa shape index (κ1) is 16.8. The highest BCUT2D eigenvalue weighted by atomic mass is 32.1. The zero-order chi connectivity index (χ0) is 17.3. The van der Waals surface area contributed by atoms with Gasteiger partial charge in [0.15, 0.2) is 0 Å². The van der Waals surface area contributed by atoms with E-state index >= 15 is 0 Å². The van der Waals surface area contributed by atoms with Crippen molar-refractivity contribution in [1.29, 1.82) is 0 Å². The van der Waals surface area contributed by atoms with Crippen molar-refractivity contribution in [3.63, 3.8) is 0 Å². The third kappa shape index (κ3) is 3.63. The molecule has 1 atom stereocenters. The average Bonchev–Trinajstić information content (AvgIpc) is 3.25. The van der Waals surface area contributed by atoms with Gasteiger partial charge in [-0.05, 0) is 42.7 Å². The van der Waals surface area contributed by atoms with Crippen LogP contribution in [0, 0.1) is 12.8 Å². The summed E-state index contributed by atoms with van der Waals surface area (Å²) >= 11 is 1.84. The number of ether oxygens (including phenoxy) is 1. The van der Waals surface area contributed by atoms with Gasteiger partial charge in [0.05, 0.1) is 18.4 Å². The first-order valence-electron chi connectivity index (χ1n) is 8.72. The molecule has 0 radical (unpaired) electrons. The van der Waals surface area contributed by atoms with Crippen LogP contribution in [0.25, 0.3) is 0 Å². The van der Waals surface area contributed by atoms with Gasteiger partial charge in [-0.3, -0.25) is 9.69 Å². The van der Waals surface area contributed by atoms with Crippen molar-refractivity contribution in [2.24, 2.45) is 5.92 Å². The van der Waals surface area contributed by atoms with E-state index in [9.17, 15) is 4.79 Å². The Kier molecular flexibility index (Phi) is 4.62. The van der Waals surface area contributed by atoms with E-state index in [1.165, 1.54) is 16.6 Å². The topological polar surface area (TPSA) is 67.6 Å². The smallest absolute Gasteiger partial charge is 0.289 e. The Hall–Kier alpha value is -1.70. The van der Waals surface area contributed by atoms with Crippen molar-refractivity contribution in [1.82, 2.24) is 15.4 Å². The van der Waals surface area contributed by atoms with E-state index in [0.29, 0.717) is 19.1 Å². The predicted octanol–water partition coefficient (Wildman–Crippen LogP) is 2.46. The van der Waals surface area contributed by atoms with Crippen LogP contribution in [0.4, 0.5) is 0 Å². The number of rotatable bonds is 5. The summed E-state index contributed by atoms with van der Waals surface area (Å²) in [7, 11) is 0. The van der Waals surface area contributed by atoms with Gasteiger partial charge in [-0.25, -0.2) is 0 Å². The number of thiophene rings is 1. The van der Waals surface area contributed by atoms with Gasteiger partial charge in [0.2, 0.25) is 5.76 Å². The summed E-state index contributed by atoms with van der Waals surface area (Å²) in [6, 6.07) is 3.75. The summed E-state index contributed by atoms with van der Waals surface area (Å²) in [5.41, 5.74) is 1.43. The van der Waals surface area contributed by atoms with E-state index in [1.807, 2.05) is 11.3 Å². The largest absolute Gasteiger partial charge is 0.372 e. The summed E-state index contributed by atoms with van der Waals surface area (Å²) in [5.74, 6) is 0.414. The molecule has 0 aromatic carbocycles. The number of amides is 1. The molecule has 2 aliphatic heterocycles. The van der Waals surface area contributed by atoms with E-state index in [2.05, 4.69) is 33.7 Å². The molecule has 134 valence electrons. The Balaban J connectivity index is 1.19. The first-order chi connectivity index (χ1) is 12.1. The second kappa shape index (κ2) is 6.90. The Labute approximate surface area is 151 Å². The molecule has 7 heteroatoms. The summed E-state index contributed by atoms with van der Waals surface area (Å²) in [5, 5.41) is 8.61. The number of carbonyl (C=O) groups excluding carboxylic acids is 1. The third-order valence-electron chi connectivity index (χ3n) is 5.21.